The van der Waals surface area contributed by atoms with Gasteiger partial charge in [0.15, 0.2) is 0 Å². The Labute approximate surface area is 156 Å². The number of carboxylic acids is 1. The lowest BCUT2D eigenvalue weighted by molar-refractivity contribution is -0.137. The first-order chi connectivity index (χ1) is 12.8. The molecule has 0 radical (unpaired) electrons. The molecule has 9 heteroatoms. The maximum Gasteiger partial charge on any atom is 0.408 e. The molecule has 2 aromatic rings. The summed E-state index contributed by atoms with van der Waals surface area (Å²) in [5.41, 5.74) is 1.18. The maximum absolute atomic E-state index is 12.5. The number of carboxylic acid groups (broad SMARTS) is 1. The molecule has 0 aliphatic heterocycles. The smallest absolute Gasteiger partial charge is 0.408 e. The number of carbonyl (C=O) groups is 3. The summed E-state index contributed by atoms with van der Waals surface area (Å²) in [6.45, 7) is 3.36. The zero-order valence-corrected chi connectivity index (χ0v) is 15.1. The van der Waals surface area contributed by atoms with Crippen molar-refractivity contribution >= 4 is 23.7 Å². The molecule has 0 spiro atoms. The van der Waals surface area contributed by atoms with Gasteiger partial charge in [0.05, 0.1) is 11.9 Å². The van der Waals surface area contributed by atoms with Crippen LogP contribution >= 0.6 is 0 Å². The Morgan fingerprint density at radius 1 is 1.22 bits per heavy atom. The molecule has 144 valence electrons. The third-order valence-corrected chi connectivity index (χ3v) is 3.63. The number of aliphatic carboxylic acids is 1. The van der Waals surface area contributed by atoms with E-state index in [4.69, 9.17) is 9.84 Å². The van der Waals surface area contributed by atoms with Crippen molar-refractivity contribution in [2.45, 2.75) is 33.0 Å². The molecule has 0 saturated carbocycles. The fourth-order valence-electron chi connectivity index (χ4n) is 2.30. The SMILES string of the molecule is CC(C)[C@H](NC(=O)OCc1ccccc1)C(=O)Nc1cnn(CC(=O)O)c1. The number of hydrogen-bond acceptors (Lipinski definition) is 5. The van der Waals surface area contributed by atoms with Gasteiger partial charge in [-0.1, -0.05) is 44.2 Å². The second kappa shape index (κ2) is 9.37. The summed E-state index contributed by atoms with van der Waals surface area (Å²) in [6, 6.07) is 8.37. The summed E-state index contributed by atoms with van der Waals surface area (Å²) < 4.78 is 6.33. The number of nitrogens with one attached hydrogen (secondary N) is 2. The third-order valence-electron chi connectivity index (χ3n) is 3.63. The molecule has 1 atom stereocenters. The first kappa shape index (κ1) is 20.0. The lowest BCUT2D eigenvalue weighted by Crippen LogP contribution is -2.47. The largest absolute Gasteiger partial charge is 0.480 e. The van der Waals surface area contributed by atoms with Crippen molar-refractivity contribution in [1.82, 2.24) is 15.1 Å². The Kier molecular flexibility index (Phi) is 6.93. The molecule has 0 saturated heterocycles. The van der Waals surface area contributed by atoms with Gasteiger partial charge in [-0.15, -0.1) is 0 Å². The predicted molar refractivity (Wildman–Crippen MR) is 96.9 cm³/mol. The number of amides is 2. The van der Waals surface area contributed by atoms with E-state index in [1.807, 2.05) is 30.3 Å². The topological polar surface area (TPSA) is 123 Å². The van der Waals surface area contributed by atoms with Crippen LogP contribution in [0, 0.1) is 5.92 Å². The molecule has 0 aliphatic rings. The molecule has 2 amide bonds. The minimum absolute atomic E-state index is 0.0983. The number of ether oxygens (including phenoxy) is 1. The number of carbonyl (C=O) groups excluding carboxylic acids is 2. The van der Waals surface area contributed by atoms with E-state index in [0.717, 1.165) is 5.56 Å². The molecule has 2 rings (SSSR count). The Bertz CT molecular complexity index is 788. The van der Waals surface area contributed by atoms with Crippen LogP contribution in [0.15, 0.2) is 42.7 Å². The molecule has 0 unspecified atom stereocenters. The summed E-state index contributed by atoms with van der Waals surface area (Å²) in [7, 11) is 0. The number of benzene rings is 1. The normalized spacial score (nSPS) is 11.7. The van der Waals surface area contributed by atoms with Gasteiger partial charge in [-0.05, 0) is 11.5 Å². The highest BCUT2D eigenvalue weighted by Crippen LogP contribution is 2.10. The van der Waals surface area contributed by atoms with Gasteiger partial charge >= 0.3 is 12.1 Å². The van der Waals surface area contributed by atoms with Gasteiger partial charge in [-0.3, -0.25) is 14.3 Å². The molecule has 0 bridgehead atoms. The van der Waals surface area contributed by atoms with Crippen molar-refractivity contribution in [1.29, 1.82) is 0 Å². The third kappa shape index (κ3) is 6.46. The van der Waals surface area contributed by atoms with Gasteiger partial charge in [0.25, 0.3) is 0 Å². The van der Waals surface area contributed by atoms with E-state index in [9.17, 15) is 14.4 Å². The maximum atomic E-state index is 12.5. The Morgan fingerprint density at radius 2 is 1.93 bits per heavy atom. The molecular formula is C18H22N4O5. The molecule has 1 aromatic carbocycles. The van der Waals surface area contributed by atoms with Gasteiger partial charge < -0.3 is 20.5 Å². The standard InChI is InChI=1S/C18H22N4O5/c1-12(2)16(21-18(26)27-11-13-6-4-3-5-7-13)17(25)20-14-8-19-22(9-14)10-15(23)24/h3-9,12,16H,10-11H2,1-2H3,(H,20,25)(H,21,26)(H,23,24)/t16-/m0/s1. The lowest BCUT2D eigenvalue weighted by atomic mass is 10.0. The first-order valence-electron chi connectivity index (χ1n) is 8.37. The molecule has 0 aliphatic carbocycles. The van der Waals surface area contributed by atoms with Crippen molar-refractivity contribution in [3.63, 3.8) is 0 Å². The number of anilines is 1. The monoisotopic (exact) mass is 374 g/mol. The van der Waals surface area contributed by atoms with Crippen molar-refractivity contribution in [2.24, 2.45) is 5.92 Å². The van der Waals surface area contributed by atoms with Gasteiger partial charge in [-0.2, -0.15) is 5.10 Å². The first-order valence-corrected chi connectivity index (χ1v) is 8.37. The van der Waals surface area contributed by atoms with E-state index < -0.39 is 24.0 Å². The van der Waals surface area contributed by atoms with E-state index in [2.05, 4.69) is 15.7 Å². The molecule has 0 fully saturated rings. The average molecular weight is 374 g/mol. The van der Waals surface area contributed by atoms with Crippen molar-refractivity contribution in [3.05, 3.63) is 48.3 Å². The Hall–Kier alpha value is -3.36. The summed E-state index contributed by atoms with van der Waals surface area (Å²) in [6.07, 6.45) is 2.04. The highest BCUT2D eigenvalue weighted by molar-refractivity contribution is 5.96. The van der Waals surface area contributed by atoms with Gasteiger partial charge in [0, 0.05) is 6.20 Å². The zero-order chi connectivity index (χ0) is 19.8. The molecule has 1 aromatic heterocycles. The van der Waals surface area contributed by atoms with Crippen molar-refractivity contribution in [3.8, 4) is 0 Å². The molecular weight excluding hydrogens is 352 g/mol. The second-order valence-electron chi connectivity index (χ2n) is 6.24. The van der Waals surface area contributed by atoms with E-state index in [1.54, 1.807) is 13.8 Å². The van der Waals surface area contributed by atoms with E-state index in [-0.39, 0.29) is 19.1 Å². The van der Waals surface area contributed by atoms with E-state index in [1.165, 1.54) is 17.1 Å². The van der Waals surface area contributed by atoms with Crippen LogP contribution < -0.4 is 10.6 Å². The van der Waals surface area contributed by atoms with Crippen LogP contribution in [-0.2, 0) is 27.5 Å². The Morgan fingerprint density at radius 3 is 2.56 bits per heavy atom. The number of alkyl carbamates (subject to hydrolysis) is 1. The highest BCUT2D eigenvalue weighted by atomic mass is 16.5. The molecule has 1 heterocycles. The fourth-order valence-corrected chi connectivity index (χ4v) is 2.30. The molecule has 9 nitrogen and oxygen atoms in total. The summed E-state index contributed by atoms with van der Waals surface area (Å²) >= 11 is 0. The number of aromatic nitrogens is 2. The van der Waals surface area contributed by atoms with Gasteiger partial charge in [0.1, 0.15) is 19.2 Å². The minimum Gasteiger partial charge on any atom is -0.480 e. The van der Waals surface area contributed by atoms with Crippen LogP contribution in [0.25, 0.3) is 0 Å². The van der Waals surface area contributed by atoms with Gasteiger partial charge in [-0.25, -0.2) is 4.79 Å². The van der Waals surface area contributed by atoms with Crippen molar-refractivity contribution in [2.75, 3.05) is 5.32 Å². The van der Waals surface area contributed by atoms with Crippen LogP contribution in [0.1, 0.15) is 19.4 Å². The summed E-state index contributed by atoms with van der Waals surface area (Å²) in [5, 5.41) is 17.8. The number of hydrogen-bond donors (Lipinski definition) is 3. The summed E-state index contributed by atoms with van der Waals surface area (Å²) in [5.74, 6) is -1.68. The van der Waals surface area contributed by atoms with Crippen molar-refractivity contribution < 1.29 is 24.2 Å². The predicted octanol–water partition coefficient (Wildman–Crippen LogP) is 1.86. The van der Waals surface area contributed by atoms with Gasteiger partial charge in [0.2, 0.25) is 5.91 Å². The van der Waals surface area contributed by atoms with Crippen LogP contribution in [-0.4, -0.2) is 38.9 Å². The zero-order valence-electron chi connectivity index (χ0n) is 15.1. The second-order valence-corrected chi connectivity index (χ2v) is 6.24. The summed E-state index contributed by atoms with van der Waals surface area (Å²) in [4.78, 5) is 35.2. The lowest BCUT2D eigenvalue weighted by Gasteiger charge is -2.21. The minimum atomic E-state index is -1.04. The fraction of sp³-hybridized carbons (Fsp3) is 0.333. The molecule has 3 N–H and O–H groups in total. The van der Waals surface area contributed by atoms with Crippen LogP contribution in [0.4, 0.5) is 10.5 Å². The number of nitrogens with zero attached hydrogens (tertiary/aromatic N) is 2. The average Bonchev–Trinajstić information content (AvgIpc) is 3.04. The quantitative estimate of drug-likeness (QED) is 0.648. The van der Waals surface area contributed by atoms with E-state index >= 15 is 0 Å². The Balaban J connectivity index is 1.91. The van der Waals surface area contributed by atoms with E-state index in [0.29, 0.717) is 5.69 Å². The number of rotatable bonds is 8. The molecule has 27 heavy (non-hydrogen) atoms. The van der Waals surface area contributed by atoms with Crippen LogP contribution in [0.3, 0.4) is 0 Å². The van der Waals surface area contributed by atoms with Crippen LogP contribution in [0.5, 0.6) is 0 Å². The highest BCUT2D eigenvalue weighted by Gasteiger charge is 2.25. The van der Waals surface area contributed by atoms with Crippen LogP contribution in [0.2, 0.25) is 0 Å².